The minimum Gasteiger partial charge on any atom is -0.507 e. The summed E-state index contributed by atoms with van der Waals surface area (Å²) in [7, 11) is -12.5. The van der Waals surface area contributed by atoms with Gasteiger partial charge in [-0.25, -0.2) is 5.26 Å². The van der Waals surface area contributed by atoms with Gasteiger partial charge in [-0.05, 0) is 66.0 Å². The van der Waals surface area contributed by atoms with Crippen LogP contribution in [-0.2, 0) is 39.7 Å². The third kappa shape index (κ3) is 10.6. The van der Waals surface area contributed by atoms with E-state index in [0.29, 0.717) is 12.0 Å². The molecule has 0 fully saturated rings. The molecule has 1 aromatic heterocycles. The lowest BCUT2D eigenvalue weighted by Crippen LogP contribution is -2.27. The first-order chi connectivity index (χ1) is 25.7. The summed E-state index contributed by atoms with van der Waals surface area (Å²) >= 11 is 0.455. The number of nitrogens with one attached hydrogen (secondary N) is 3. The van der Waals surface area contributed by atoms with Crippen LogP contribution in [0.3, 0.4) is 0 Å². The highest BCUT2D eigenvalue weighted by atomic mass is 32.2. The number of hydrogen-bond acceptors (Lipinski definition) is 19. The Bertz CT molecular complexity index is 2630. The lowest BCUT2D eigenvalue weighted by atomic mass is 10.1. The molecule has 9 N–H and O–H groups in total. The van der Waals surface area contributed by atoms with Crippen molar-refractivity contribution in [3.8, 4) is 11.5 Å². The molecule has 0 atom stereocenters. The topological polar surface area (TPSA) is 337 Å². The number of fused-ring (bicyclic) bond motifs is 1. The van der Waals surface area contributed by atoms with Crippen molar-refractivity contribution >= 4 is 94.0 Å². The minimum absolute atomic E-state index is 0.0273. The van der Waals surface area contributed by atoms with Crippen LogP contribution in [0.25, 0.3) is 10.8 Å². The van der Waals surface area contributed by atoms with Gasteiger partial charge in [0.2, 0.25) is 17.8 Å². The SMILES string of the molecule is CN(CCS(=O)(=O)O)c1nc(Nc2cccc(C(=O)Nc3cc(S(=O)(=O)O)cc4cc(SOOO)cc(O)c34)c2)nc(Nc2cc(S(=O)(=O)O)ccc2O)n1. The van der Waals surface area contributed by atoms with Crippen LogP contribution in [0, 0.1) is 0 Å². The summed E-state index contributed by atoms with van der Waals surface area (Å²) in [6.07, 6.45) is 0. The van der Waals surface area contributed by atoms with Gasteiger partial charge in [0.05, 0.1) is 39.0 Å². The second-order valence-electron chi connectivity index (χ2n) is 11.1. The van der Waals surface area contributed by atoms with E-state index in [4.69, 9.17) is 5.26 Å². The van der Waals surface area contributed by atoms with Gasteiger partial charge in [0.25, 0.3) is 36.3 Å². The van der Waals surface area contributed by atoms with E-state index >= 15 is 0 Å². The molecule has 22 nitrogen and oxygen atoms in total. The fraction of sp³-hybridized carbons (Fsp3) is 0.103. The molecule has 0 aliphatic rings. The number of hydrogen-bond donors (Lipinski definition) is 9. The first kappa shape index (κ1) is 40.8. The van der Waals surface area contributed by atoms with E-state index in [1.165, 1.54) is 42.3 Å². The Morgan fingerprint density at radius 2 is 1.47 bits per heavy atom. The van der Waals surface area contributed by atoms with Crippen molar-refractivity contribution in [3.05, 3.63) is 72.3 Å². The van der Waals surface area contributed by atoms with Crippen LogP contribution in [0.2, 0.25) is 0 Å². The lowest BCUT2D eigenvalue weighted by Gasteiger charge is -2.18. The number of carbonyl (C=O) groups excluding carboxylic acids is 1. The molecule has 1 amide bonds. The third-order valence-corrected chi connectivity index (χ3v) is 10.2. The predicted molar refractivity (Wildman–Crippen MR) is 194 cm³/mol. The van der Waals surface area contributed by atoms with Crippen molar-refractivity contribution in [1.29, 1.82) is 0 Å². The number of rotatable bonds is 15. The highest BCUT2D eigenvalue weighted by molar-refractivity contribution is 7.94. The van der Waals surface area contributed by atoms with Gasteiger partial charge in [-0.3, -0.25) is 18.5 Å². The van der Waals surface area contributed by atoms with Crippen LogP contribution in [-0.4, -0.2) is 94.6 Å². The molecular weight excluding hydrogens is 815 g/mol. The zero-order chi connectivity index (χ0) is 40.3. The standard InChI is InChI=1S/C29H27N7O15S4/c1-36(7-8-53(41,42)43)29-34-27(33-28(35-29)32-21-13-19(54(44,45)46)5-6-23(21)37)30-17-4-2-3-15(9-17)26(39)31-22-14-20(55(47,48)49)11-16-10-18(52-51-50-40)12-24(38)25(16)22/h2-6,9-14,37-38,40H,7-8H2,1H3,(H,31,39)(H,41,42,43)(H,44,45,46)(H,47,48,49)(H2,30,32,33,34,35). The maximum absolute atomic E-state index is 13.5. The van der Waals surface area contributed by atoms with Gasteiger partial charge in [0.15, 0.2) is 0 Å². The number of phenolic OH excluding ortho intramolecular Hbond substituents is 2. The zero-order valence-corrected chi connectivity index (χ0v) is 30.8. The van der Waals surface area contributed by atoms with E-state index in [-0.39, 0.29) is 62.7 Å². The van der Waals surface area contributed by atoms with E-state index in [1.807, 2.05) is 0 Å². The molecule has 0 unspecified atom stereocenters. The van der Waals surface area contributed by atoms with Crippen LogP contribution in [0.15, 0.2) is 81.4 Å². The van der Waals surface area contributed by atoms with E-state index in [2.05, 4.69) is 40.3 Å². The van der Waals surface area contributed by atoms with Gasteiger partial charge < -0.3 is 31.1 Å². The Balaban J connectivity index is 1.48. The molecule has 0 aliphatic carbocycles. The van der Waals surface area contributed by atoms with Crippen molar-refractivity contribution in [2.24, 2.45) is 0 Å². The summed E-state index contributed by atoms with van der Waals surface area (Å²) in [6.45, 7) is -0.311. The monoisotopic (exact) mass is 841 g/mol. The zero-order valence-electron chi connectivity index (χ0n) is 27.5. The van der Waals surface area contributed by atoms with Crippen molar-refractivity contribution in [3.63, 3.8) is 0 Å². The number of benzene rings is 4. The highest BCUT2D eigenvalue weighted by Gasteiger charge is 2.21. The maximum Gasteiger partial charge on any atom is 0.294 e. The summed E-state index contributed by atoms with van der Waals surface area (Å²) < 4.78 is 103. The Morgan fingerprint density at radius 1 is 0.800 bits per heavy atom. The maximum atomic E-state index is 13.5. The number of aromatic nitrogens is 3. The summed E-state index contributed by atoms with van der Waals surface area (Å²) in [4.78, 5) is 26.2. The Labute approximate surface area is 315 Å². The predicted octanol–water partition coefficient (Wildman–Crippen LogP) is 3.42. The fourth-order valence-electron chi connectivity index (χ4n) is 4.75. The molecule has 0 saturated carbocycles. The van der Waals surface area contributed by atoms with Gasteiger partial charge in [-0.2, -0.15) is 40.2 Å². The molecule has 0 spiro atoms. The lowest BCUT2D eigenvalue weighted by molar-refractivity contribution is -0.432. The minimum atomic E-state index is -4.82. The van der Waals surface area contributed by atoms with Gasteiger partial charge in [0.1, 0.15) is 11.5 Å². The number of aromatic hydroxyl groups is 2. The molecule has 4 aromatic carbocycles. The van der Waals surface area contributed by atoms with Gasteiger partial charge in [-0.1, -0.05) is 11.1 Å². The molecule has 5 aromatic rings. The molecule has 1 heterocycles. The average Bonchev–Trinajstić information content (AvgIpc) is 3.09. The number of anilines is 6. The second-order valence-corrected chi connectivity index (χ2v) is 16.3. The Morgan fingerprint density at radius 3 is 2.13 bits per heavy atom. The summed E-state index contributed by atoms with van der Waals surface area (Å²) in [5.41, 5.74) is -0.370. The molecular formula is C29H27N7O15S4. The van der Waals surface area contributed by atoms with Crippen molar-refractivity contribution in [2.75, 3.05) is 40.2 Å². The van der Waals surface area contributed by atoms with E-state index in [1.54, 1.807) is 0 Å². The van der Waals surface area contributed by atoms with E-state index in [0.717, 1.165) is 36.4 Å². The van der Waals surface area contributed by atoms with Crippen LogP contribution in [0.4, 0.5) is 34.9 Å². The third-order valence-electron chi connectivity index (χ3n) is 7.22. The average molecular weight is 842 g/mol. The van der Waals surface area contributed by atoms with Crippen LogP contribution in [0.1, 0.15) is 10.4 Å². The van der Waals surface area contributed by atoms with Crippen LogP contribution < -0.4 is 20.9 Å². The van der Waals surface area contributed by atoms with Crippen molar-refractivity contribution < 1.29 is 68.5 Å². The fourth-order valence-corrected chi connectivity index (χ4v) is 6.74. The number of phenols is 2. The number of nitrogens with zero attached hydrogens (tertiary/aromatic N) is 4. The van der Waals surface area contributed by atoms with E-state index in [9.17, 15) is 53.9 Å². The van der Waals surface area contributed by atoms with Crippen LogP contribution >= 0.6 is 12.0 Å². The molecule has 292 valence electrons. The van der Waals surface area contributed by atoms with Gasteiger partial charge in [0, 0.05) is 35.1 Å². The normalized spacial score (nSPS) is 12.0. The number of carbonyl (C=O) groups is 1. The molecule has 55 heavy (non-hydrogen) atoms. The first-order valence-electron chi connectivity index (χ1n) is 14.8. The molecule has 0 aliphatic heterocycles. The molecule has 0 saturated heterocycles. The molecule has 0 bridgehead atoms. The Hall–Kier alpha value is -5.42. The van der Waals surface area contributed by atoms with Crippen LogP contribution in [0.5, 0.6) is 11.5 Å². The molecule has 0 radical (unpaired) electrons. The van der Waals surface area contributed by atoms with Gasteiger partial charge >= 0.3 is 0 Å². The highest BCUT2D eigenvalue weighted by Crippen LogP contribution is 2.38. The van der Waals surface area contributed by atoms with Crippen molar-refractivity contribution in [2.45, 2.75) is 14.7 Å². The second kappa shape index (κ2) is 16.1. The van der Waals surface area contributed by atoms with Crippen molar-refractivity contribution in [1.82, 2.24) is 15.0 Å². The molecule has 26 heteroatoms. The summed E-state index contributed by atoms with van der Waals surface area (Å²) in [6, 6.07) is 12.8. The quantitative estimate of drug-likeness (QED) is 0.0240. The largest absolute Gasteiger partial charge is 0.507 e. The van der Waals surface area contributed by atoms with Gasteiger partial charge in [-0.15, -0.1) is 4.33 Å². The summed E-state index contributed by atoms with van der Waals surface area (Å²) in [5, 5.41) is 41.0. The smallest absolute Gasteiger partial charge is 0.294 e. The first-order valence-corrected chi connectivity index (χ1v) is 20.0. The summed E-state index contributed by atoms with van der Waals surface area (Å²) in [5.74, 6) is -3.24. The number of amides is 1. The Kier molecular flexibility index (Phi) is 12.0. The van der Waals surface area contributed by atoms with E-state index < -0.39 is 63.3 Å². The molecule has 5 rings (SSSR count).